The van der Waals surface area contributed by atoms with Crippen LogP contribution in [0.4, 0.5) is 5.69 Å². The first-order chi connectivity index (χ1) is 9.38. The Bertz CT molecular complexity index is 577. The standard InChI is InChI=1S/C13H14Cl2N2O3/c1-2-8(16)12(18)17-9-4-3-7(14)11(15)6(9)5-10(17)13(19)20/h3-4,8,10H,2,5,16H2,1H3,(H,19,20)/t8-,10+/m0/s1. The van der Waals surface area contributed by atoms with E-state index in [1.807, 2.05) is 0 Å². The van der Waals surface area contributed by atoms with Gasteiger partial charge in [0.05, 0.1) is 16.1 Å². The Hall–Kier alpha value is -1.30. The van der Waals surface area contributed by atoms with Crippen LogP contribution in [0.1, 0.15) is 18.9 Å². The molecule has 1 heterocycles. The zero-order chi connectivity index (χ0) is 15.0. The van der Waals surface area contributed by atoms with E-state index in [1.54, 1.807) is 19.1 Å². The number of hydrogen-bond donors (Lipinski definition) is 2. The predicted octanol–water partition coefficient (Wildman–Crippen LogP) is 2.07. The molecule has 0 fully saturated rings. The summed E-state index contributed by atoms with van der Waals surface area (Å²) in [7, 11) is 0. The van der Waals surface area contributed by atoms with Gasteiger partial charge in [-0.05, 0) is 24.1 Å². The molecule has 1 aromatic carbocycles. The lowest BCUT2D eigenvalue weighted by atomic mass is 10.1. The van der Waals surface area contributed by atoms with Crippen molar-refractivity contribution in [1.29, 1.82) is 0 Å². The van der Waals surface area contributed by atoms with Crippen LogP contribution in [0, 0.1) is 0 Å². The van der Waals surface area contributed by atoms with E-state index in [-0.39, 0.29) is 11.4 Å². The van der Waals surface area contributed by atoms with E-state index in [4.69, 9.17) is 28.9 Å². The van der Waals surface area contributed by atoms with Crippen LogP contribution in [0.3, 0.4) is 0 Å². The van der Waals surface area contributed by atoms with Crippen molar-refractivity contribution in [2.45, 2.75) is 31.8 Å². The number of hydrogen-bond acceptors (Lipinski definition) is 3. The zero-order valence-corrected chi connectivity index (χ0v) is 12.3. The minimum atomic E-state index is -1.09. The molecule has 1 aromatic rings. The maximum absolute atomic E-state index is 12.3. The molecule has 1 amide bonds. The molecule has 0 radical (unpaired) electrons. The first-order valence-electron chi connectivity index (χ1n) is 6.16. The van der Waals surface area contributed by atoms with Crippen molar-refractivity contribution < 1.29 is 14.7 Å². The number of nitrogens with zero attached hydrogens (tertiary/aromatic N) is 1. The van der Waals surface area contributed by atoms with Crippen molar-refractivity contribution in [3.8, 4) is 0 Å². The lowest BCUT2D eigenvalue weighted by molar-refractivity contribution is -0.140. The fourth-order valence-corrected chi connectivity index (χ4v) is 2.69. The quantitative estimate of drug-likeness (QED) is 0.894. The van der Waals surface area contributed by atoms with Crippen LogP contribution in [-0.2, 0) is 16.0 Å². The zero-order valence-electron chi connectivity index (χ0n) is 10.8. The van der Waals surface area contributed by atoms with Gasteiger partial charge in [0.1, 0.15) is 6.04 Å². The topological polar surface area (TPSA) is 83.6 Å². The van der Waals surface area contributed by atoms with Crippen LogP contribution in [0.25, 0.3) is 0 Å². The smallest absolute Gasteiger partial charge is 0.327 e. The van der Waals surface area contributed by atoms with Crippen LogP contribution in [0.2, 0.25) is 10.0 Å². The van der Waals surface area contributed by atoms with Gasteiger partial charge in [-0.3, -0.25) is 9.69 Å². The molecule has 0 bridgehead atoms. The number of carboxylic acid groups (broad SMARTS) is 1. The number of carbonyl (C=O) groups is 2. The Kier molecular flexibility index (Phi) is 4.22. The van der Waals surface area contributed by atoms with Crippen LogP contribution < -0.4 is 10.6 Å². The van der Waals surface area contributed by atoms with Gasteiger partial charge in [-0.1, -0.05) is 30.1 Å². The van der Waals surface area contributed by atoms with Gasteiger partial charge in [-0.15, -0.1) is 0 Å². The number of rotatable bonds is 3. The van der Waals surface area contributed by atoms with E-state index in [2.05, 4.69) is 0 Å². The van der Waals surface area contributed by atoms with E-state index in [9.17, 15) is 14.7 Å². The highest BCUT2D eigenvalue weighted by atomic mass is 35.5. The van der Waals surface area contributed by atoms with Crippen molar-refractivity contribution in [3.05, 3.63) is 27.7 Å². The van der Waals surface area contributed by atoms with Gasteiger partial charge in [0.2, 0.25) is 5.91 Å². The summed E-state index contributed by atoms with van der Waals surface area (Å²) in [6, 6.07) is 1.42. The SMILES string of the molecule is CC[C@H](N)C(=O)N1c2ccc(Cl)c(Cl)c2C[C@@H]1C(=O)O. The van der Waals surface area contributed by atoms with E-state index in [0.29, 0.717) is 22.7 Å². The summed E-state index contributed by atoms with van der Waals surface area (Å²) in [5.74, 6) is -1.51. The second kappa shape index (κ2) is 5.60. The number of carboxylic acids is 1. The third-order valence-electron chi connectivity index (χ3n) is 3.42. The van der Waals surface area contributed by atoms with Crippen LogP contribution in [0.5, 0.6) is 0 Å². The molecule has 3 N–H and O–H groups in total. The van der Waals surface area contributed by atoms with Gasteiger partial charge >= 0.3 is 5.97 Å². The lowest BCUT2D eigenvalue weighted by Gasteiger charge is -2.25. The van der Waals surface area contributed by atoms with E-state index >= 15 is 0 Å². The third-order valence-corrected chi connectivity index (χ3v) is 4.26. The summed E-state index contributed by atoms with van der Waals surface area (Å²) < 4.78 is 0. The number of amides is 1. The summed E-state index contributed by atoms with van der Waals surface area (Å²) in [4.78, 5) is 24.9. The first kappa shape index (κ1) is 15.1. The highest BCUT2D eigenvalue weighted by Crippen LogP contribution is 2.40. The van der Waals surface area contributed by atoms with Crippen molar-refractivity contribution in [3.63, 3.8) is 0 Å². The average molecular weight is 317 g/mol. The van der Waals surface area contributed by atoms with Crippen LogP contribution in [0.15, 0.2) is 12.1 Å². The van der Waals surface area contributed by atoms with Crippen molar-refractivity contribution in [2.75, 3.05) is 4.90 Å². The molecule has 0 aromatic heterocycles. The molecule has 0 saturated heterocycles. The van der Waals surface area contributed by atoms with Crippen LogP contribution in [-0.4, -0.2) is 29.1 Å². The van der Waals surface area contributed by atoms with Gasteiger partial charge < -0.3 is 10.8 Å². The Morgan fingerprint density at radius 3 is 2.70 bits per heavy atom. The summed E-state index contributed by atoms with van der Waals surface area (Å²) >= 11 is 12.0. The molecule has 2 rings (SSSR count). The van der Waals surface area contributed by atoms with E-state index in [1.165, 1.54) is 4.90 Å². The third kappa shape index (κ3) is 2.37. The predicted molar refractivity (Wildman–Crippen MR) is 77.3 cm³/mol. The van der Waals surface area contributed by atoms with E-state index in [0.717, 1.165) is 0 Å². The number of anilines is 1. The molecule has 1 aliphatic heterocycles. The number of nitrogens with two attached hydrogens (primary N) is 1. The molecule has 1 aliphatic rings. The first-order valence-corrected chi connectivity index (χ1v) is 6.92. The molecule has 0 unspecified atom stereocenters. The summed E-state index contributed by atoms with van der Waals surface area (Å²) in [5, 5.41) is 9.93. The minimum absolute atomic E-state index is 0.131. The monoisotopic (exact) mass is 316 g/mol. The second-order valence-electron chi connectivity index (χ2n) is 4.64. The van der Waals surface area contributed by atoms with Crippen molar-refractivity contribution in [2.24, 2.45) is 5.73 Å². The molecular formula is C13H14Cl2N2O3. The Morgan fingerprint density at radius 1 is 1.50 bits per heavy atom. The largest absolute Gasteiger partial charge is 0.480 e. The molecule has 5 nitrogen and oxygen atoms in total. The molecule has 2 atom stereocenters. The number of halogens is 2. The molecule has 20 heavy (non-hydrogen) atoms. The fraction of sp³-hybridized carbons (Fsp3) is 0.385. The summed E-state index contributed by atoms with van der Waals surface area (Å²) in [6.45, 7) is 1.77. The van der Waals surface area contributed by atoms with Gasteiger partial charge in [-0.25, -0.2) is 4.79 Å². The highest BCUT2D eigenvalue weighted by Gasteiger charge is 2.41. The molecule has 0 spiro atoms. The molecule has 7 heteroatoms. The molecular weight excluding hydrogens is 303 g/mol. The van der Waals surface area contributed by atoms with Crippen LogP contribution >= 0.6 is 23.2 Å². The second-order valence-corrected chi connectivity index (χ2v) is 5.43. The van der Waals surface area contributed by atoms with E-state index < -0.39 is 24.0 Å². The van der Waals surface area contributed by atoms with Gasteiger partial charge in [0.15, 0.2) is 0 Å². The minimum Gasteiger partial charge on any atom is -0.480 e. The normalized spacial score (nSPS) is 18.8. The number of carbonyl (C=O) groups excluding carboxylic acids is 1. The van der Waals surface area contributed by atoms with Gasteiger partial charge in [-0.2, -0.15) is 0 Å². The number of aliphatic carboxylic acids is 1. The molecule has 0 saturated carbocycles. The van der Waals surface area contributed by atoms with Gasteiger partial charge in [0, 0.05) is 12.1 Å². The maximum Gasteiger partial charge on any atom is 0.327 e. The van der Waals surface area contributed by atoms with Crippen molar-refractivity contribution >= 4 is 40.8 Å². The van der Waals surface area contributed by atoms with Gasteiger partial charge in [0.25, 0.3) is 0 Å². The average Bonchev–Trinajstić information content (AvgIpc) is 2.81. The molecule has 0 aliphatic carbocycles. The Balaban J connectivity index is 2.51. The Labute approximate surface area is 126 Å². The summed E-state index contributed by atoms with van der Waals surface area (Å²) in [6.07, 6.45) is 0.560. The highest BCUT2D eigenvalue weighted by molar-refractivity contribution is 6.43. The lowest BCUT2D eigenvalue weighted by Crippen LogP contribution is -2.49. The molecule has 108 valence electrons. The Morgan fingerprint density at radius 2 is 2.15 bits per heavy atom. The number of fused-ring (bicyclic) bond motifs is 1. The number of benzene rings is 1. The van der Waals surface area contributed by atoms with Crippen molar-refractivity contribution in [1.82, 2.24) is 0 Å². The summed E-state index contributed by atoms with van der Waals surface area (Å²) in [5.41, 5.74) is 6.79. The maximum atomic E-state index is 12.3. The fourth-order valence-electron chi connectivity index (χ4n) is 2.28.